The molecule has 0 atom stereocenters. The van der Waals surface area contributed by atoms with Crippen LogP contribution in [0.25, 0.3) is 0 Å². The van der Waals surface area contributed by atoms with E-state index in [9.17, 15) is 9.59 Å². The summed E-state index contributed by atoms with van der Waals surface area (Å²) in [7, 11) is 0. The van der Waals surface area contributed by atoms with Gasteiger partial charge in [-0.2, -0.15) is 5.10 Å². The molecule has 0 aliphatic carbocycles. The van der Waals surface area contributed by atoms with Gasteiger partial charge in [-0.15, -0.1) is 0 Å². The van der Waals surface area contributed by atoms with Crippen molar-refractivity contribution in [2.45, 2.75) is 33.6 Å². The van der Waals surface area contributed by atoms with E-state index in [4.69, 9.17) is 0 Å². The Morgan fingerprint density at radius 3 is 2.19 bits per heavy atom. The molecule has 0 spiro atoms. The molecule has 2 rings (SSSR count). The highest BCUT2D eigenvalue weighted by Crippen LogP contribution is 2.14. The molecule has 1 aromatic heterocycles. The Balaban J connectivity index is 1.98. The Kier molecular flexibility index (Phi) is 7.02. The second-order valence-corrected chi connectivity index (χ2v) is 5.95. The molecule has 1 aromatic carbocycles. The van der Waals surface area contributed by atoms with Gasteiger partial charge in [-0.1, -0.05) is 26.0 Å². The minimum absolute atomic E-state index is 0.0291. The van der Waals surface area contributed by atoms with Crippen molar-refractivity contribution in [3.05, 3.63) is 59.9 Å². The molecule has 0 unspecified atom stereocenters. The summed E-state index contributed by atoms with van der Waals surface area (Å²) < 4.78 is 0. The van der Waals surface area contributed by atoms with Gasteiger partial charge >= 0.3 is 0 Å². The number of carbonyl (C=O) groups excluding carboxylic acids is 2. The standard InChI is InChI=1S/C20H24N4O2/c1-4-15(5-2)19(25)22-18-8-6-16(7-9-18)14(3)23-24-20(26)17-10-12-21-13-11-17/h6-13,15H,4-5H2,1-3H3,(H,22,25)(H,24,26)/b23-14+. The van der Waals surface area contributed by atoms with E-state index < -0.39 is 0 Å². The van der Waals surface area contributed by atoms with Crippen molar-refractivity contribution in [3.8, 4) is 0 Å². The number of hydrazone groups is 1. The van der Waals surface area contributed by atoms with Crippen LogP contribution in [0.15, 0.2) is 53.9 Å². The van der Waals surface area contributed by atoms with Crippen molar-refractivity contribution >= 4 is 23.2 Å². The number of hydrogen-bond acceptors (Lipinski definition) is 4. The molecular formula is C20H24N4O2. The molecule has 0 saturated heterocycles. The third kappa shape index (κ3) is 5.24. The largest absolute Gasteiger partial charge is 0.326 e. The molecule has 2 aromatic rings. The molecule has 0 aliphatic heterocycles. The zero-order valence-electron chi connectivity index (χ0n) is 15.3. The van der Waals surface area contributed by atoms with E-state index >= 15 is 0 Å². The summed E-state index contributed by atoms with van der Waals surface area (Å²) in [6, 6.07) is 10.6. The summed E-state index contributed by atoms with van der Waals surface area (Å²) in [6.45, 7) is 5.83. The van der Waals surface area contributed by atoms with Crippen LogP contribution in [0.2, 0.25) is 0 Å². The zero-order chi connectivity index (χ0) is 18.9. The number of nitrogens with zero attached hydrogens (tertiary/aromatic N) is 2. The maximum atomic E-state index is 12.1. The van der Waals surface area contributed by atoms with E-state index in [1.54, 1.807) is 24.5 Å². The van der Waals surface area contributed by atoms with Gasteiger partial charge in [0.2, 0.25) is 5.91 Å². The fourth-order valence-corrected chi connectivity index (χ4v) is 2.47. The van der Waals surface area contributed by atoms with Crippen LogP contribution in [-0.4, -0.2) is 22.5 Å². The van der Waals surface area contributed by atoms with Crippen LogP contribution in [-0.2, 0) is 4.79 Å². The molecule has 136 valence electrons. The van der Waals surface area contributed by atoms with Crippen molar-refractivity contribution in [3.63, 3.8) is 0 Å². The van der Waals surface area contributed by atoms with Gasteiger partial charge in [0.15, 0.2) is 0 Å². The highest BCUT2D eigenvalue weighted by Gasteiger charge is 2.14. The summed E-state index contributed by atoms with van der Waals surface area (Å²) in [5, 5.41) is 7.05. The molecule has 6 nitrogen and oxygen atoms in total. The molecule has 2 amide bonds. The highest BCUT2D eigenvalue weighted by molar-refractivity contribution is 6.01. The summed E-state index contributed by atoms with van der Waals surface area (Å²) in [5.74, 6) is -0.222. The van der Waals surface area contributed by atoms with Gasteiger partial charge < -0.3 is 5.32 Å². The van der Waals surface area contributed by atoms with Crippen LogP contribution in [0, 0.1) is 5.92 Å². The Hall–Kier alpha value is -3.02. The van der Waals surface area contributed by atoms with Crippen LogP contribution in [0.4, 0.5) is 5.69 Å². The Morgan fingerprint density at radius 2 is 1.62 bits per heavy atom. The first kappa shape index (κ1) is 19.3. The minimum atomic E-state index is -0.291. The number of hydrogen-bond donors (Lipinski definition) is 2. The molecule has 0 bridgehead atoms. The molecule has 0 saturated carbocycles. The van der Waals surface area contributed by atoms with Crippen molar-refractivity contribution in [2.24, 2.45) is 11.0 Å². The van der Waals surface area contributed by atoms with Gasteiger partial charge in [-0.05, 0) is 49.6 Å². The summed E-state index contributed by atoms with van der Waals surface area (Å²) >= 11 is 0. The van der Waals surface area contributed by atoms with Gasteiger partial charge in [0, 0.05) is 29.6 Å². The lowest BCUT2D eigenvalue weighted by molar-refractivity contribution is -0.120. The van der Waals surface area contributed by atoms with Gasteiger partial charge in [0.05, 0.1) is 5.71 Å². The molecular weight excluding hydrogens is 328 g/mol. The van der Waals surface area contributed by atoms with Crippen molar-refractivity contribution < 1.29 is 9.59 Å². The third-order valence-electron chi connectivity index (χ3n) is 4.19. The lowest BCUT2D eigenvalue weighted by Crippen LogP contribution is -2.21. The average Bonchev–Trinajstić information content (AvgIpc) is 2.68. The van der Waals surface area contributed by atoms with E-state index in [2.05, 4.69) is 20.8 Å². The zero-order valence-corrected chi connectivity index (χ0v) is 15.3. The van der Waals surface area contributed by atoms with Gasteiger partial charge in [-0.3, -0.25) is 14.6 Å². The summed E-state index contributed by atoms with van der Waals surface area (Å²) in [6.07, 6.45) is 4.76. The lowest BCUT2D eigenvalue weighted by atomic mass is 10.0. The first-order valence-corrected chi connectivity index (χ1v) is 8.71. The number of pyridine rings is 1. The Morgan fingerprint density at radius 1 is 1.00 bits per heavy atom. The molecule has 2 N–H and O–H groups in total. The normalized spacial score (nSPS) is 11.3. The van der Waals surface area contributed by atoms with Crippen LogP contribution in [0.1, 0.15) is 49.5 Å². The molecule has 0 radical (unpaired) electrons. The smallest absolute Gasteiger partial charge is 0.271 e. The fourth-order valence-electron chi connectivity index (χ4n) is 2.47. The predicted octanol–water partition coefficient (Wildman–Crippen LogP) is 3.61. The predicted molar refractivity (Wildman–Crippen MR) is 103 cm³/mol. The molecule has 0 fully saturated rings. The lowest BCUT2D eigenvalue weighted by Gasteiger charge is -2.13. The highest BCUT2D eigenvalue weighted by atomic mass is 16.2. The van der Waals surface area contributed by atoms with Crippen LogP contribution in [0.3, 0.4) is 0 Å². The molecule has 6 heteroatoms. The van der Waals surface area contributed by atoms with E-state index in [1.165, 1.54) is 0 Å². The maximum absolute atomic E-state index is 12.1. The second-order valence-electron chi connectivity index (χ2n) is 5.95. The quantitative estimate of drug-likeness (QED) is 0.590. The second kappa shape index (κ2) is 9.46. The SMILES string of the molecule is CCC(CC)C(=O)Nc1ccc(/C(C)=N/NC(=O)c2ccncc2)cc1. The Bertz CT molecular complexity index is 766. The number of carbonyl (C=O) groups is 2. The van der Waals surface area contributed by atoms with E-state index in [-0.39, 0.29) is 17.7 Å². The molecule has 1 heterocycles. The number of amides is 2. The van der Waals surface area contributed by atoms with Crippen LogP contribution in [0.5, 0.6) is 0 Å². The summed E-state index contributed by atoms with van der Waals surface area (Å²) in [4.78, 5) is 28.0. The monoisotopic (exact) mass is 352 g/mol. The number of benzene rings is 1. The van der Waals surface area contributed by atoms with Crippen molar-refractivity contribution in [1.82, 2.24) is 10.4 Å². The van der Waals surface area contributed by atoms with Crippen molar-refractivity contribution in [2.75, 3.05) is 5.32 Å². The fraction of sp³-hybridized carbons (Fsp3) is 0.300. The summed E-state index contributed by atoms with van der Waals surface area (Å²) in [5.41, 5.74) is 5.30. The van der Waals surface area contributed by atoms with E-state index in [0.29, 0.717) is 11.3 Å². The van der Waals surface area contributed by atoms with Crippen LogP contribution < -0.4 is 10.7 Å². The Labute approximate surface area is 153 Å². The minimum Gasteiger partial charge on any atom is -0.326 e. The number of aromatic nitrogens is 1. The molecule has 26 heavy (non-hydrogen) atoms. The third-order valence-corrected chi connectivity index (χ3v) is 4.19. The van der Waals surface area contributed by atoms with Gasteiger partial charge in [-0.25, -0.2) is 5.43 Å². The van der Waals surface area contributed by atoms with Gasteiger partial charge in [0.1, 0.15) is 0 Å². The van der Waals surface area contributed by atoms with E-state index in [0.717, 1.165) is 24.1 Å². The number of nitrogens with one attached hydrogen (secondary N) is 2. The average molecular weight is 352 g/mol. The molecule has 0 aliphatic rings. The first-order chi connectivity index (χ1) is 12.5. The van der Waals surface area contributed by atoms with Crippen molar-refractivity contribution in [1.29, 1.82) is 0 Å². The van der Waals surface area contributed by atoms with E-state index in [1.807, 2.05) is 45.0 Å². The van der Waals surface area contributed by atoms with Crippen LogP contribution >= 0.6 is 0 Å². The number of anilines is 1. The first-order valence-electron chi connectivity index (χ1n) is 8.71. The topological polar surface area (TPSA) is 83.5 Å². The number of rotatable bonds is 7. The maximum Gasteiger partial charge on any atom is 0.271 e. The van der Waals surface area contributed by atoms with Gasteiger partial charge in [0.25, 0.3) is 5.91 Å².